The Bertz CT molecular complexity index is 387. The van der Waals surface area contributed by atoms with Gasteiger partial charge in [0.25, 0.3) is 0 Å². The second-order valence-corrected chi connectivity index (χ2v) is 4.02. The minimum atomic E-state index is -0.650. The van der Waals surface area contributed by atoms with E-state index in [9.17, 15) is 9.59 Å². The number of rotatable bonds is 4. The highest BCUT2D eigenvalue weighted by atomic mass is 35.5. The van der Waals surface area contributed by atoms with Gasteiger partial charge in [-0.3, -0.25) is 9.59 Å². The first-order valence-corrected chi connectivity index (χ1v) is 5.34. The number of hydrogen-bond donors (Lipinski definition) is 0. The molecule has 1 aromatic rings. The zero-order valence-corrected chi connectivity index (χ0v) is 10.1. The van der Waals surface area contributed by atoms with Crippen LogP contribution in [-0.2, 0) is 14.3 Å². The van der Waals surface area contributed by atoms with Crippen LogP contribution in [0.1, 0.15) is 18.4 Å². The van der Waals surface area contributed by atoms with E-state index < -0.39 is 17.1 Å². The van der Waals surface area contributed by atoms with Gasteiger partial charge in [0, 0.05) is 11.9 Å². The number of halogens is 2. The van der Waals surface area contributed by atoms with Gasteiger partial charge in [0.2, 0.25) is 5.24 Å². The van der Waals surface area contributed by atoms with Gasteiger partial charge in [-0.1, -0.05) is 23.7 Å². The van der Waals surface area contributed by atoms with Crippen molar-refractivity contribution in [1.82, 2.24) is 0 Å². The van der Waals surface area contributed by atoms with E-state index in [2.05, 4.69) is 0 Å². The fraction of sp³-hybridized carbons (Fsp3) is 0.273. The number of esters is 1. The molecule has 1 atom stereocenters. The first-order chi connectivity index (χ1) is 7.50. The van der Waals surface area contributed by atoms with Crippen molar-refractivity contribution in [3.8, 4) is 0 Å². The maximum Gasteiger partial charge on any atom is 0.302 e. The minimum absolute atomic E-state index is 0.0563. The Labute approximate surface area is 103 Å². The Kier molecular flexibility index (Phi) is 4.77. The van der Waals surface area contributed by atoms with Gasteiger partial charge in [0.05, 0.1) is 5.92 Å². The first kappa shape index (κ1) is 13.0. The van der Waals surface area contributed by atoms with Crippen LogP contribution in [0.3, 0.4) is 0 Å². The van der Waals surface area contributed by atoms with E-state index in [1.807, 2.05) is 0 Å². The Morgan fingerprint density at radius 3 is 2.31 bits per heavy atom. The smallest absolute Gasteiger partial charge is 0.302 e. The molecule has 0 saturated carbocycles. The third kappa shape index (κ3) is 3.83. The lowest BCUT2D eigenvalue weighted by Gasteiger charge is -2.12. The third-order valence-electron chi connectivity index (χ3n) is 2.00. The number of ether oxygens (including phenoxy) is 1. The van der Waals surface area contributed by atoms with Crippen molar-refractivity contribution < 1.29 is 14.3 Å². The van der Waals surface area contributed by atoms with Gasteiger partial charge in [-0.2, -0.15) is 0 Å². The number of carbonyl (C=O) groups is 2. The molecule has 0 amide bonds. The lowest BCUT2D eigenvalue weighted by Crippen LogP contribution is -2.16. The van der Waals surface area contributed by atoms with Gasteiger partial charge >= 0.3 is 5.97 Å². The molecule has 0 bridgehead atoms. The SMILES string of the molecule is CC(=O)OCC(C(=O)Cl)c1ccc(Cl)cc1. The highest BCUT2D eigenvalue weighted by Gasteiger charge is 2.20. The average molecular weight is 261 g/mol. The van der Waals surface area contributed by atoms with E-state index in [1.54, 1.807) is 24.3 Å². The van der Waals surface area contributed by atoms with E-state index in [4.69, 9.17) is 27.9 Å². The zero-order chi connectivity index (χ0) is 12.1. The molecule has 0 radical (unpaired) electrons. The Balaban J connectivity index is 2.81. The van der Waals surface area contributed by atoms with Crippen molar-refractivity contribution in [1.29, 1.82) is 0 Å². The lowest BCUT2D eigenvalue weighted by molar-refractivity contribution is -0.141. The van der Waals surface area contributed by atoms with Crippen LogP contribution in [0.25, 0.3) is 0 Å². The van der Waals surface area contributed by atoms with Gasteiger partial charge < -0.3 is 4.74 Å². The maximum atomic E-state index is 11.2. The van der Waals surface area contributed by atoms with Crippen LogP contribution in [0.5, 0.6) is 0 Å². The van der Waals surface area contributed by atoms with Crippen molar-refractivity contribution in [3.63, 3.8) is 0 Å². The predicted molar refractivity (Wildman–Crippen MR) is 61.7 cm³/mol. The molecule has 0 aliphatic heterocycles. The zero-order valence-electron chi connectivity index (χ0n) is 8.57. The molecule has 0 heterocycles. The molecular weight excluding hydrogens is 251 g/mol. The average Bonchev–Trinajstić information content (AvgIpc) is 2.20. The molecule has 5 heteroatoms. The fourth-order valence-corrected chi connectivity index (χ4v) is 1.50. The van der Waals surface area contributed by atoms with Crippen LogP contribution in [0.2, 0.25) is 5.02 Å². The van der Waals surface area contributed by atoms with Crippen LogP contribution >= 0.6 is 23.2 Å². The molecule has 0 spiro atoms. The quantitative estimate of drug-likeness (QED) is 0.618. The Hall–Kier alpha value is -1.06. The van der Waals surface area contributed by atoms with E-state index in [-0.39, 0.29) is 6.61 Å². The number of benzene rings is 1. The summed E-state index contributed by atoms with van der Waals surface area (Å²) in [6.07, 6.45) is 0. The minimum Gasteiger partial charge on any atom is -0.465 e. The molecule has 1 aromatic carbocycles. The van der Waals surface area contributed by atoms with Crippen LogP contribution in [0, 0.1) is 0 Å². The lowest BCUT2D eigenvalue weighted by atomic mass is 10.0. The van der Waals surface area contributed by atoms with Crippen molar-refractivity contribution >= 4 is 34.4 Å². The standard InChI is InChI=1S/C11H10Cl2O3/c1-7(14)16-6-10(11(13)15)8-2-4-9(12)5-3-8/h2-5,10H,6H2,1H3. The van der Waals surface area contributed by atoms with Crippen LogP contribution in [-0.4, -0.2) is 17.8 Å². The summed E-state index contributed by atoms with van der Waals surface area (Å²) in [5, 5.41) is 0.000537. The first-order valence-electron chi connectivity index (χ1n) is 4.59. The molecule has 1 rings (SSSR count). The van der Waals surface area contributed by atoms with Crippen molar-refractivity contribution in [2.75, 3.05) is 6.61 Å². The van der Waals surface area contributed by atoms with Crippen molar-refractivity contribution in [2.24, 2.45) is 0 Å². The van der Waals surface area contributed by atoms with Gasteiger partial charge in [0.1, 0.15) is 6.61 Å². The van der Waals surface area contributed by atoms with Crippen molar-refractivity contribution in [2.45, 2.75) is 12.8 Å². The molecule has 3 nitrogen and oxygen atoms in total. The summed E-state index contributed by atoms with van der Waals surface area (Å²) >= 11 is 11.2. The highest BCUT2D eigenvalue weighted by Crippen LogP contribution is 2.21. The van der Waals surface area contributed by atoms with E-state index >= 15 is 0 Å². The summed E-state index contributed by atoms with van der Waals surface area (Å²) in [6, 6.07) is 6.66. The number of hydrogen-bond acceptors (Lipinski definition) is 3. The molecule has 0 N–H and O–H groups in total. The summed E-state index contributed by atoms with van der Waals surface area (Å²) in [5.41, 5.74) is 0.672. The van der Waals surface area contributed by atoms with Gasteiger partial charge in [-0.15, -0.1) is 0 Å². The third-order valence-corrected chi connectivity index (χ3v) is 2.51. The summed E-state index contributed by atoms with van der Waals surface area (Å²) in [5.74, 6) is -1.10. The molecule has 0 aliphatic rings. The fourth-order valence-electron chi connectivity index (χ4n) is 1.19. The molecule has 0 aliphatic carbocycles. The maximum absolute atomic E-state index is 11.2. The molecule has 0 fully saturated rings. The van der Waals surface area contributed by atoms with Gasteiger partial charge in [0.15, 0.2) is 0 Å². The van der Waals surface area contributed by atoms with E-state index in [1.165, 1.54) is 6.92 Å². The van der Waals surface area contributed by atoms with E-state index in [0.717, 1.165) is 0 Å². The molecule has 16 heavy (non-hydrogen) atoms. The summed E-state index contributed by atoms with van der Waals surface area (Å²) in [4.78, 5) is 21.8. The largest absolute Gasteiger partial charge is 0.465 e. The topological polar surface area (TPSA) is 43.4 Å². The van der Waals surface area contributed by atoms with Crippen LogP contribution in [0.15, 0.2) is 24.3 Å². The van der Waals surface area contributed by atoms with Gasteiger partial charge in [-0.05, 0) is 29.3 Å². The van der Waals surface area contributed by atoms with Crippen molar-refractivity contribution in [3.05, 3.63) is 34.9 Å². The van der Waals surface area contributed by atoms with E-state index in [0.29, 0.717) is 10.6 Å². The molecule has 0 saturated heterocycles. The normalized spacial score (nSPS) is 11.9. The second-order valence-electron chi connectivity index (χ2n) is 3.21. The molecular formula is C11H10Cl2O3. The molecule has 86 valence electrons. The molecule has 1 unspecified atom stereocenters. The van der Waals surface area contributed by atoms with Crippen LogP contribution < -0.4 is 0 Å². The van der Waals surface area contributed by atoms with Gasteiger partial charge in [-0.25, -0.2) is 0 Å². The second kappa shape index (κ2) is 5.87. The Morgan fingerprint density at radius 2 is 1.88 bits per heavy atom. The molecule has 0 aromatic heterocycles. The summed E-state index contributed by atoms with van der Waals surface area (Å²) in [6.45, 7) is 1.22. The predicted octanol–water partition coefficient (Wildman–Crippen LogP) is 2.75. The van der Waals surface area contributed by atoms with Crippen LogP contribution in [0.4, 0.5) is 0 Å². The number of carbonyl (C=O) groups excluding carboxylic acids is 2. The summed E-state index contributed by atoms with van der Waals surface area (Å²) < 4.78 is 4.77. The Morgan fingerprint density at radius 1 is 1.31 bits per heavy atom. The highest BCUT2D eigenvalue weighted by molar-refractivity contribution is 6.64. The summed E-state index contributed by atoms with van der Waals surface area (Å²) in [7, 11) is 0. The monoisotopic (exact) mass is 260 g/mol.